The second-order valence-electron chi connectivity index (χ2n) is 5.38. The number of anilines is 1. The Morgan fingerprint density at radius 3 is 2.20 bits per heavy atom. The molecule has 6 heteroatoms. The van der Waals surface area contributed by atoms with E-state index in [2.05, 4.69) is 10.6 Å². The average Bonchev–Trinajstić information content (AvgIpc) is 2.62. The fourth-order valence-electron chi connectivity index (χ4n) is 2.11. The fraction of sp³-hybridized carbons (Fsp3) is 0.263. The first-order valence-electron chi connectivity index (χ1n) is 7.97. The van der Waals surface area contributed by atoms with Crippen molar-refractivity contribution in [2.24, 2.45) is 0 Å². The standard InChI is InChI=1S/C19H22N2O4/c1-14(22)15-3-5-16(6-4-15)21-19(23)13-20-11-12-25-18-9-7-17(24-2)8-10-18/h3-10,20H,11-13H2,1-2H3,(H,21,23). The molecule has 0 fully saturated rings. The van der Waals surface area contributed by atoms with Gasteiger partial charge in [-0.1, -0.05) is 0 Å². The van der Waals surface area contributed by atoms with Crippen molar-refractivity contribution in [1.29, 1.82) is 0 Å². The number of methoxy groups -OCH3 is 1. The van der Waals surface area contributed by atoms with Gasteiger partial charge in [-0.05, 0) is 55.5 Å². The lowest BCUT2D eigenvalue weighted by atomic mass is 10.1. The number of nitrogens with one attached hydrogen (secondary N) is 2. The van der Waals surface area contributed by atoms with E-state index in [4.69, 9.17) is 9.47 Å². The first kappa shape index (κ1) is 18.5. The lowest BCUT2D eigenvalue weighted by molar-refractivity contribution is -0.115. The number of benzene rings is 2. The van der Waals surface area contributed by atoms with Crippen LogP contribution in [0.15, 0.2) is 48.5 Å². The first-order chi connectivity index (χ1) is 12.1. The predicted molar refractivity (Wildman–Crippen MR) is 96.4 cm³/mol. The Bertz CT molecular complexity index is 696. The highest BCUT2D eigenvalue weighted by Crippen LogP contribution is 2.16. The van der Waals surface area contributed by atoms with Gasteiger partial charge in [-0.2, -0.15) is 0 Å². The molecule has 0 heterocycles. The van der Waals surface area contributed by atoms with Crippen LogP contribution in [0.2, 0.25) is 0 Å². The van der Waals surface area contributed by atoms with Gasteiger partial charge in [-0.25, -0.2) is 0 Å². The van der Waals surface area contributed by atoms with Gasteiger partial charge >= 0.3 is 0 Å². The summed E-state index contributed by atoms with van der Waals surface area (Å²) in [5.74, 6) is 1.37. The van der Waals surface area contributed by atoms with Crippen molar-refractivity contribution in [3.05, 3.63) is 54.1 Å². The van der Waals surface area contributed by atoms with Crippen LogP contribution < -0.4 is 20.1 Å². The Morgan fingerprint density at radius 2 is 1.60 bits per heavy atom. The van der Waals surface area contributed by atoms with E-state index < -0.39 is 0 Å². The molecule has 0 aliphatic heterocycles. The molecule has 0 radical (unpaired) electrons. The third-order valence-electron chi connectivity index (χ3n) is 3.47. The summed E-state index contributed by atoms with van der Waals surface area (Å²) in [5.41, 5.74) is 1.28. The van der Waals surface area contributed by atoms with Crippen LogP contribution in [0.25, 0.3) is 0 Å². The van der Waals surface area contributed by atoms with Crippen LogP contribution in [-0.2, 0) is 4.79 Å². The van der Waals surface area contributed by atoms with Crippen LogP contribution in [0, 0.1) is 0 Å². The van der Waals surface area contributed by atoms with Gasteiger partial charge in [0.2, 0.25) is 5.91 Å². The van der Waals surface area contributed by atoms with Gasteiger partial charge < -0.3 is 20.1 Å². The minimum atomic E-state index is -0.153. The first-order valence-corrected chi connectivity index (χ1v) is 7.97. The average molecular weight is 342 g/mol. The van der Waals surface area contributed by atoms with E-state index in [-0.39, 0.29) is 18.2 Å². The molecule has 2 rings (SSSR count). The summed E-state index contributed by atoms with van der Waals surface area (Å²) in [7, 11) is 1.61. The molecule has 2 N–H and O–H groups in total. The van der Waals surface area contributed by atoms with E-state index in [1.165, 1.54) is 6.92 Å². The van der Waals surface area contributed by atoms with Gasteiger partial charge in [0.05, 0.1) is 13.7 Å². The SMILES string of the molecule is COc1ccc(OCCNCC(=O)Nc2ccc(C(C)=O)cc2)cc1. The molecule has 6 nitrogen and oxygen atoms in total. The third kappa shape index (κ3) is 6.27. The summed E-state index contributed by atoms with van der Waals surface area (Å²) in [6.45, 7) is 2.68. The number of hydrogen-bond acceptors (Lipinski definition) is 5. The normalized spacial score (nSPS) is 10.2. The van der Waals surface area contributed by atoms with Gasteiger partial charge in [0.25, 0.3) is 0 Å². The molecule has 25 heavy (non-hydrogen) atoms. The van der Waals surface area contributed by atoms with Crippen molar-refractivity contribution >= 4 is 17.4 Å². The summed E-state index contributed by atoms with van der Waals surface area (Å²) in [6, 6.07) is 14.1. The van der Waals surface area contributed by atoms with Gasteiger partial charge in [-0.3, -0.25) is 9.59 Å². The maximum absolute atomic E-state index is 11.8. The maximum Gasteiger partial charge on any atom is 0.238 e. The Hall–Kier alpha value is -2.86. The van der Waals surface area contributed by atoms with Crippen LogP contribution in [0.1, 0.15) is 17.3 Å². The molecule has 1 amide bonds. The second-order valence-corrected chi connectivity index (χ2v) is 5.38. The van der Waals surface area contributed by atoms with Crippen molar-refractivity contribution in [3.8, 4) is 11.5 Å². The Balaban J connectivity index is 1.63. The van der Waals surface area contributed by atoms with Crippen molar-refractivity contribution in [2.45, 2.75) is 6.92 Å². The Morgan fingerprint density at radius 1 is 0.960 bits per heavy atom. The van der Waals surface area contributed by atoms with E-state index in [9.17, 15) is 9.59 Å². The van der Waals surface area contributed by atoms with Crippen LogP contribution in [0.5, 0.6) is 11.5 Å². The lowest BCUT2D eigenvalue weighted by Gasteiger charge is -2.09. The highest BCUT2D eigenvalue weighted by Gasteiger charge is 2.03. The highest BCUT2D eigenvalue weighted by molar-refractivity contribution is 5.96. The Kier molecular flexibility index (Phi) is 6.98. The summed E-state index contributed by atoms with van der Waals surface area (Å²) < 4.78 is 10.6. The smallest absolute Gasteiger partial charge is 0.238 e. The molecule has 2 aromatic carbocycles. The molecule has 0 bridgehead atoms. The number of ketones is 1. The van der Waals surface area contributed by atoms with E-state index in [1.54, 1.807) is 31.4 Å². The maximum atomic E-state index is 11.8. The third-order valence-corrected chi connectivity index (χ3v) is 3.47. The molecular formula is C19H22N2O4. The summed E-state index contributed by atoms with van der Waals surface area (Å²) in [4.78, 5) is 23.0. The highest BCUT2D eigenvalue weighted by atomic mass is 16.5. The van der Waals surface area contributed by atoms with Crippen LogP contribution in [-0.4, -0.2) is 38.5 Å². The van der Waals surface area contributed by atoms with Gasteiger partial charge in [0, 0.05) is 17.8 Å². The zero-order chi connectivity index (χ0) is 18.1. The minimum Gasteiger partial charge on any atom is -0.497 e. The van der Waals surface area contributed by atoms with Gasteiger partial charge in [0.15, 0.2) is 5.78 Å². The van der Waals surface area contributed by atoms with Crippen molar-refractivity contribution in [2.75, 3.05) is 32.1 Å². The van der Waals surface area contributed by atoms with Crippen LogP contribution in [0.3, 0.4) is 0 Å². The molecule has 0 saturated heterocycles. The number of hydrogen-bond donors (Lipinski definition) is 2. The van der Waals surface area contributed by atoms with Crippen molar-refractivity contribution in [3.63, 3.8) is 0 Å². The van der Waals surface area contributed by atoms with Crippen LogP contribution >= 0.6 is 0 Å². The topological polar surface area (TPSA) is 76.7 Å². The largest absolute Gasteiger partial charge is 0.497 e. The van der Waals surface area contributed by atoms with Crippen molar-refractivity contribution < 1.29 is 19.1 Å². The zero-order valence-electron chi connectivity index (χ0n) is 14.4. The number of Topliss-reactive ketones (excluding diaryl/α,β-unsaturated/α-hetero) is 1. The fourth-order valence-corrected chi connectivity index (χ4v) is 2.11. The molecule has 0 saturated carbocycles. The molecule has 0 spiro atoms. The quantitative estimate of drug-likeness (QED) is 0.541. The molecule has 2 aromatic rings. The minimum absolute atomic E-state index is 0.00333. The molecule has 132 valence electrons. The van der Waals surface area contributed by atoms with Crippen LogP contribution in [0.4, 0.5) is 5.69 Å². The molecular weight excluding hydrogens is 320 g/mol. The van der Waals surface area contributed by atoms with E-state index in [0.29, 0.717) is 24.4 Å². The number of ether oxygens (including phenoxy) is 2. The van der Waals surface area contributed by atoms with Gasteiger partial charge in [-0.15, -0.1) is 0 Å². The number of amides is 1. The van der Waals surface area contributed by atoms with E-state index in [1.807, 2.05) is 24.3 Å². The second kappa shape index (κ2) is 9.44. The molecule has 0 aliphatic carbocycles. The molecule has 0 atom stereocenters. The summed E-state index contributed by atoms with van der Waals surface area (Å²) in [6.07, 6.45) is 0. The lowest BCUT2D eigenvalue weighted by Crippen LogP contribution is -2.31. The Labute approximate surface area is 147 Å². The van der Waals surface area contributed by atoms with E-state index >= 15 is 0 Å². The van der Waals surface area contributed by atoms with Gasteiger partial charge in [0.1, 0.15) is 18.1 Å². The molecule has 0 aliphatic rings. The summed E-state index contributed by atoms with van der Waals surface area (Å²) in [5, 5.41) is 5.77. The van der Waals surface area contributed by atoms with E-state index in [0.717, 1.165) is 11.5 Å². The zero-order valence-corrected chi connectivity index (χ0v) is 14.4. The number of carbonyl (C=O) groups excluding carboxylic acids is 2. The monoisotopic (exact) mass is 342 g/mol. The predicted octanol–water partition coefficient (Wildman–Crippen LogP) is 2.50. The van der Waals surface area contributed by atoms with Crippen molar-refractivity contribution in [1.82, 2.24) is 5.32 Å². The number of rotatable bonds is 9. The summed E-state index contributed by atoms with van der Waals surface area (Å²) >= 11 is 0. The molecule has 0 aromatic heterocycles. The molecule has 0 unspecified atom stereocenters. The number of carbonyl (C=O) groups is 2.